The zero-order valence-corrected chi connectivity index (χ0v) is 22.9. The maximum absolute atomic E-state index is 14.4. The van der Waals surface area contributed by atoms with Gasteiger partial charge in [0.15, 0.2) is 0 Å². The highest BCUT2D eigenvalue weighted by atomic mass is 32.2. The van der Waals surface area contributed by atoms with Crippen LogP contribution in [0.5, 0.6) is 5.75 Å². The number of ether oxygens (including phenoxy) is 1. The van der Waals surface area contributed by atoms with Gasteiger partial charge in [0, 0.05) is 36.2 Å². The van der Waals surface area contributed by atoms with Crippen LogP contribution in [0.4, 0.5) is 8.78 Å². The number of benzene rings is 3. The number of amides is 1. The molecule has 1 fully saturated rings. The molecule has 1 aliphatic rings. The van der Waals surface area contributed by atoms with Crippen molar-refractivity contribution in [1.29, 1.82) is 0 Å². The second-order valence-electron chi connectivity index (χ2n) is 9.75. The van der Waals surface area contributed by atoms with E-state index >= 15 is 0 Å². The van der Waals surface area contributed by atoms with Crippen molar-refractivity contribution in [2.24, 2.45) is 0 Å². The summed E-state index contributed by atoms with van der Waals surface area (Å²) in [4.78, 5) is 24.7. The lowest BCUT2D eigenvalue weighted by Crippen LogP contribution is -2.25. The molecular formula is C29H26F2N2O7S. The molecule has 0 radical (unpaired) electrons. The number of carbonyl (C=O) groups excluding carboxylic acids is 2. The summed E-state index contributed by atoms with van der Waals surface area (Å²) in [7, 11) is -1.45. The Morgan fingerprint density at radius 2 is 1.78 bits per heavy atom. The van der Waals surface area contributed by atoms with Crippen molar-refractivity contribution in [2.45, 2.75) is 31.1 Å². The molecule has 12 heteroatoms. The van der Waals surface area contributed by atoms with Crippen molar-refractivity contribution in [3.63, 3.8) is 0 Å². The normalized spacial score (nSPS) is 13.4. The molecule has 5 rings (SSSR count). The van der Waals surface area contributed by atoms with Crippen LogP contribution in [0, 0.1) is 11.6 Å². The molecule has 3 N–H and O–H groups in total. The first-order valence-corrected chi connectivity index (χ1v) is 14.3. The molecule has 1 heterocycles. The second-order valence-corrected chi connectivity index (χ2v) is 11.6. The van der Waals surface area contributed by atoms with Gasteiger partial charge in [-0.1, -0.05) is 0 Å². The van der Waals surface area contributed by atoms with Gasteiger partial charge in [0.1, 0.15) is 34.3 Å². The van der Waals surface area contributed by atoms with Crippen LogP contribution >= 0.6 is 0 Å². The predicted molar refractivity (Wildman–Crippen MR) is 146 cm³/mol. The maximum atomic E-state index is 14.4. The molecule has 214 valence electrons. The number of sulfonamides is 1. The average Bonchev–Trinajstić information content (AvgIpc) is 3.72. The van der Waals surface area contributed by atoms with Crippen molar-refractivity contribution in [2.75, 3.05) is 14.2 Å². The van der Waals surface area contributed by atoms with Gasteiger partial charge in [-0.3, -0.25) is 4.79 Å². The largest absolute Gasteiger partial charge is 0.507 e. The molecule has 1 aromatic heterocycles. The minimum absolute atomic E-state index is 0.100. The van der Waals surface area contributed by atoms with Crippen LogP contribution in [0.2, 0.25) is 0 Å². The van der Waals surface area contributed by atoms with E-state index < -0.39 is 51.6 Å². The fourth-order valence-electron chi connectivity index (χ4n) is 4.72. The Hall–Kier alpha value is -4.29. The second kappa shape index (κ2) is 10.9. The third-order valence-corrected chi connectivity index (χ3v) is 8.20. The molecule has 3 aromatic carbocycles. The van der Waals surface area contributed by atoms with E-state index in [-0.39, 0.29) is 34.0 Å². The molecule has 0 bridgehead atoms. The molecule has 0 spiro atoms. The summed E-state index contributed by atoms with van der Waals surface area (Å²) >= 11 is 0. The fourth-order valence-corrected chi connectivity index (χ4v) is 5.85. The Bertz CT molecular complexity index is 1780. The standard InChI is InChI=1S/C29H26F2N2O7S/c1-32-28(35)26-22-11-20(15-3-4-15)18(10-25(22)40-27(26)16-5-7-19(30)8-6-16)14-41(37,38)33-13-17-9-21(29(36)39-2)24(34)12-23(17)31/h5-12,15,33-34H,3-4,13-14H2,1-2H3,(H,32,35). The van der Waals surface area contributed by atoms with Crippen LogP contribution in [0.3, 0.4) is 0 Å². The lowest BCUT2D eigenvalue weighted by atomic mass is 9.98. The van der Waals surface area contributed by atoms with Crippen LogP contribution in [0.1, 0.15) is 56.2 Å². The molecule has 9 nitrogen and oxygen atoms in total. The molecule has 1 aliphatic carbocycles. The first kappa shape index (κ1) is 28.2. The number of methoxy groups -OCH3 is 1. The lowest BCUT2D eigenvalue weighted by molar-refractivity contribution is 0.0597. The third-order valence-electron chi connectivity index (χ3n) is 6.93. The number of phenols is 1. The van der Waals surface area contributed by atoms with Crippen LogP contribution < -0.4 is 10.0 Å². The number of fused-ring (bicyclic) bond motifs is 1. The SMILES string of the molecule is CNC(=O)c1c(-c2ccc(F)cc2)oc2cc(CS(=O)(=O)NCc3cc(C(=O)OC)c(O)cc3F)c(C3CC3)cc12. The van der Waals surface area contributed by atoms with Gasteiger partial charge in [-0.05, 0) is 72.4 Å². The zero-order chi connectivity index (χ0) is 29.5. The number of phenolic OH excluding ortho intramolecular Hbond substituents is 1. The van der Waals surface area contributed by atoms with Gasteiger partial charge >= 0.3 is 5.97 Å². The summed E-state index contributed by atoms with van der Waals surface area (Å²) in [6, 6.07) is 10.6. The molecular weight excluding hydrogens is 558 g/mol. The maximum Gasteiger partial charge on any atom is 0.341 e. The van der Waals surface area contributed by atoms with Crippen molar-refractivity contribution in [3.8, 4) is 17.1 Å². The van der Waals surface area contributed by atoms with E-state index in [9.17, 15) is 31.9 Å². The van der Waals surface area contributed by atoms with Crippen LogP contribution in [-0.4, -0.2) is 39.6 Å². The summed E-state index contributed by atoms with van der Waals surface area (Å²) in [6.45, 7) is -0.476. The topological polar surface area (TPSA) is 135 Å². The Morgan fingerprint density at radius 1 is 1.07 bits per heavy atom. The quantitative estimate of drug-likeness (QED) is 0.242. The van der Waals surface area contributed by atoms with E-state index in [4.69, 9.17) is 4.42 Å². The Labute approximate surface area is 234 Å². The van der Waals surface area contributed by atoms with E-state index in [1.807, 2.05) is 0 Å². The summed E-state index contributed by atoms with van der Waals surface area (Å²) in [5.41, 5.74) is 1.77. The van der Waals surface area contributed by atoms with Crippen molar-refractivity contribution < 1.29 is 41.0 Å². The van der Waals surface area contributed by atoms with E-state index in [1.165, 1.54) is 31.3 Å². The molecule has 0 aliphatic heterocycles. The van der Waals surface area contributed by atoms with Gasteiger partial charge in [0.05, 0.1) is 18.4 Å². The summed E-state index contributed by atoms with van der Waals surface area (Å²) in [6.07, 6.45) is 1.69. The van der Waals surface area contributed by atoms with Gasteiger partial charge in [-0.2, -0.15) is 0 Å². The first-order valence-electron chi connectivity index (χ1n) is 12.7. The third kappa shape index (κ3) is 5.79. The monoisotopic (exact) mass is 584 g/mol. The van der Waals surface area contributed by atoms with Crippen molar-refractivity contribution in [1.82, 2.24) is 10.0 Å². The van der Waals surface area contributed by atoms with Gasteiger partial charge in [-0.15, -0.1) is 0 Å². The van der Waals surface area contributed by atoms with E-state index in [2.05, 4.69) is 14.8 Å². The number of furan rings is 1. The number of carbonyl (C=O) groups is 2. The van der Waals surface area contributed by atoms with E-state index in [0.717, 1.165) is 31.6 Å². The Kier molecular flexibility index (Phi) is 7.54. The molecule has 41 heavy (non-hydrogen) atoms. The number of rotatable bonds is 9. The summed E-state index contributed by atoms with van der Waals surface area (Å²) in [5, 5.41) is 12.9. The fraction of sp³-hybridized carbons (Fsp3) is 0.241. The lowest BCUT2D eigenvalue weighted by Gasteiger charge is -2.13. The highest BCUT2D eigenvalue weighted by Crippen LogP contribution is 2.45. The van der Waals surface area contributed by atoms with Crippen LogP contribution in [0.25, 0.3) is 22.3 Å². The van der Waals surface area contributed by atoms with Gasteiger partial charge in [0.25, 0.3) is 5.91 Å². The summed E-state index contributed by atoms with van der Waals surface area (Å²) < 4.78 is 67.2. The van der Waals surface area contributed by atoms with Crippen LogP contribution in [-0.2, 0) is 27.1 Å². The first-order chi connectivity index (χ1) is 19.5. The molecule has 4 aromatic rings. The van der Waals surface area contributed by atoms with E-state index in [1.54, 1.807) is 12.1 Å². The number of hydrogen-bond donors (Lipinski definition) is 3. The smallest absolute Gasteiger partial charge is 0.341 e. The zero-order valence-electron chi connectivity index (χ0n) is 22.1. The van der Waals surface area contributed by atoms with Crippen molar-refractivity contribution in [3.05, 3.63) is 88.0 Å². The highest BCUT2D eigenvalue weighted by Gasteiger charge is 2.31. The number of halogens is 2. The molecule has 0 saturated heterocycles. The van der Waals surface area contributed by atoms with Crippen molar-refractivity contribution >= 4 is 32.9 Å². The number of esters is 1. The number of nitrogens with one attached hydrogen (secondary N) is 2. The average molecular weight is 585 g/mol. The van der Waals surface area contributed by atoms with Gasteiger partial charge in [-0.25, -0.2) is 26.7 Å². The predicted octanol–water partition coefficient (Wildman–Crippen LogP) is 4.73. The minimum atomic E-state index is -4.03. The van der Waals surface area contributed by atoms with E-state index in [0.29, 0.717) is 22.6 Å². The molecule has 1 amide bonds. The number of aromatic hydroxyl groups is 1. The number of hydrogen-bond acceptors (Lipinski definition) is 7. The highest BCUT2D eigenvalue weighted by molar-refractivity contribution is 7.88. The van der Waals surface area contributed by atoms with Crippen LogP contribution in [0.15, 0.2) is 52.9 Å². The Morgan fingerprint density at radius 3 is 2.41 bits per heavy atom. The Balaban J connectivity index is 1.49. The van der Waals surface area contributed by atoms with Gasteiger partial charge in [0.2, 0.25) is 10.0 Å². The summed E-state index contributed by atoms with van der Waals surface area (Å²) in [5.74, 6) is -3.41. The minimum Gasteiger partial charge on any atom is -0.507 e. The molecule has 1 saturated carbocycles. The van der Waals surface area contributed by atoms with Gasteiger partial charge < -0.3 is 19.6 Å². The molecule has 0 unspecified atom stereocenters. The molecule has 0 atom stereocenters.